The van der Waals surface area contributed by atoms with Crippen LogP contribution in [0.3, 0.4) is 0 Å². The van der Waals surface area contributed by atoms with E-state index in [9.17, 15) is 9.59 Å². The second-order valence-electron chi connectivity index (χ2n) is 9.41. The third-order valence-corrected chi connectivity index (χ3v) is 7.60. The van der Waals surface area contributed by atoms with Crippen LogP contribution >= 0.6 is 11.3 Å². The third kappa shape index (κ3) is 4.80. The summed E-state index contributed by atoms with van der Waals surface area (Å²) in [6, 6.07) is 7.24. The molecule has 2 amide bonds. The number of hydrogen-bond donors (Lipinski definition) is 1. The maximum absolute atomic E-state index is 12.8. The number of aryl methyl sites for hydroxylation is 2. The highest BCUT2D eigenvalue weighted by Gasteiger charge is 2.30. The van der Waals surface area contributed by atoms with Gasteiger partial charge in [0.05, 0.1) is 47.3 Å². The van der Waals surface area contributed by atoms with Gasteiger partial charge in [0.15, 0.2) is 18.1 Å². The molecule has 6 rings (SSSR count). The Hall–Kier alpha value is -5.04. The fraction of sp³-hybridized carbons (Fsp3) is 0.214. The minimum Gasteiger partial charge on any atom is -0.480 e. The van der Waals surface area contributed by atoms with Crippen molar-refractivity contribution in [3.8, 4) is 28.0 Å². The maximum atomic E-state index is 12.8. The van der Waals surface area contributed by atoms with Gasteiger partial charge in [-0.05, 0) is 49.2 Å². The highest BCUT2D eigenvalue weighted by Crippen LogP contribution is 2.46. The lowest BCUT2D eigenvalue weighted by Crippen LogP contribution is -2.38. The smallest absolute Gasteiger partial charge is 0.417 e. The normalized spacial score (nSPS) is 14.2. The zero-order valence-electron chi connectivity index (χ0n) is 22.5. The first kappa shape index (κ1) is 26.2. The summed E-state index contributed by atoms with van der Waals surface area (Å²) >= 11 is 1.46. The average Bonchev–Trinajstić information content (AvgIpc) is 3.42. The Morgan fingerprint density at radius 2 is 1.93 bits per heavy atom. The van der Waals surface area contributed by atoms with Gasteiger partial charge in [-0.15, -0.1) is 11.3 Å². The molecular weight excluding hydrogens is 548 g/mol. The molecule has 208 valence electrons. The number of carbonyl (C=O) groups is 2. The topological polar surface area (TPSA) is 152 Å². The van der Waals surface area contributed by atoms with E-state index in [1.807, 2.05) is 32.0 Å². The summed E-state index contributed by atoms with van der Waals surface area (Å²) in [5.74, 6) is 0.746. The van der Waals surface area contributed by atoms with E-state index >= 15 is 0 Å². The van der Waals surface area contributed by atoms with Gasteiger partial charge in [-0.3, -0.25) is 14.7 Å². The second-order valence-corrected chi connectivity index (χ2v) is 10.4. The molecule has 2 N–H and O–H groups in total. The number of anilines is 1. The summed E-state index contributed by atoms with van der Waals surface area (Å²) in [7, 11) is 3.05. The van der Waals surface area contributed by atoms with Crippen molar-refractivity contribution in [1.29, 1.82) is 0 Å². The predicted octanol–water partition coefficient (Wildman–Crippen LogP) is 4.40. The van der Waals surface area contributed by atoms with Gasteiger partial charge >= 0.3 is 6.09 Å². The van der Waals surface area contributed by atoms with Gasteiger partial charge in [0.1, 0.15) is 9.71 Å². The standard InChI is InChI=1S/C28H24N6O6S/c1-13-5-17(23-18(6-13)32-20(37-4)11-31-23)27-33-22-14(2)7-19-24(25(22)41-27)38-12-21(39-19)40-28(36)34(3)16-8-15(26(29)35)9-30-10-16/h5-11,21H,12H2,1-4H3,(H2,29,35). The number of fused-ring (bicyclic) bond motifs is 4. The van der Waals surface area contributed by atoms with E-state index < -0.39 is 18.3 Å². The van der Waals surface area contributed by atoms with Crippen molar-refractivity contribution in [2.24, 2.45) is 5.73 Å². The zero-order valence-corrected chi connectivity index (χ0v) is 23.3. The molecule has 4 heterocycles. The van der Waals surface area contributed by atoms with E-state index in [1.54, 1.807) is 13.3 Å². The molecular formula is C28H24N6O6S. The Balaban J connectivity index is 1.28. The number of aromatic nitrogens is 4. The van der Waals surface area contributed by atoms with Crippen molar-refractivity contribution in [1.82, 2.24) is 19.9 Å². The molecule has 0 bridgehead atoms. The van der Waals surface area contributed by atoms with Crippen LogP contribution < -0.4 is 24.8 Å². The zero-order chi connectivity index (χ0) is 28.8. The molecule has 13 heteroatoms. The van der Waals surface area contributed by atoms with Crippen LogP contribution in [0.25, 0.3) is 31.8 Å². The van der Waals surface area contributed by atoms with Gasteiger partial charge in [0.25, 0.3) is 6.29 Å². The average molecular weight is 573 g/mol. The van der Waals surface area contributed by atoms with Crippen molar-refractivity contribution in [2.45, 2.75) is 20.1 Å². The molecule has 12 nitrogen and oxygen atoms in total. The van der Waals surface area contributed by atoms with Crippen LogP contribution in [0.2, 0.25) is 0 Å². The quantitative estimate of drug-likeness (QED) is 0.321. The number of rotatable bonds is 5. The van der Waals surface area contributed by atoms with E-state index in [0.29, 0.717) is 34.1 Å². The Labute approximate surface area is 237 Å². The summed E-state index contributed by atoms with van der Waals surface area (Å²) in [5, 5.41) is 0.759. The molecule has 41 heavy (non-hydrogen) atoms. The van der Waals surface area contributed by atoms with Crippen molar-refractivity contribution < 1.29 is 28.5 Å². The van der Waals surface area contributed by atoms with Crippen molar-refractivity contribution >= 4 is 50.3 Å². The second kappa shape index (κ2) is 10.2. The first-order chi connectivity index (χ1) is 19.7. The number of benzene rings is 2. The number of methoxy groups -OCH3 is 1. The predicted molar refractivity (Wildman–Crippen MR) is 152 cm³/mol. The van der Waals surface area contributed by atoms with Crippen LogP contribution in [-0.4, -0.2) is 59.0 Å². The minimum atomic E-state index is -1.00. The van der Waals surface area contributed by atoms with Gasteiger partial charge in [-0.25, -0.2) is 19.7 Å². The van der Waals surface area contributed by atoms with Crippen molar-refractivity contribution in [3.05, 3.63) is 59.5 Å². The first-order valence-corrected chi connectivity index (χ1v) is 13.3. The van der Waals surface area contributed by atoms with Crippen LogP contribution in [0.1, 0.15) is 21.5 Å². The van der Waals surface area contributed by atoms with E-state index in [-0.39, 0.29) is 12.2 Å². The molecule has 1 aliphatic heterocycles. The molecule has 0 saturated carbocycles. The minimum absolute atomic E-state index is 0.0316. The number of thiazole rings is 1. The Bertz CT molecular complexity index is 1860. The number of nitrogens with zero attached hydrogens (tertiary/aromatic N) is 5. The van der Waals surface area contributed by atoms with Crippen molar-refractivity contribution in [2.75, 3.05) is 25.7 Å². The van der Waals surface area contributed by atoms with Gasteiger partial charge in [-0.1, -0.05) is 0 Å². The highest BCUT2D eigenvalue weighted by molar-refractivity contribution is 7.22. The van der Waals surface area contributed by atoms with Gasteiger partial charge in [0, 0.05) is 18.8 Å². The van der Waals surface area contributed by atoms with Crippen LogP contribution in [0.4, 0.5) is 10.5 Å². The molecule has 0 aliphatic carbocycles. The first-order valence-electron chi connectivity index (χ1n) is 12.5. The lowest BCUT2D eigenvalue weighted by molar-refractivity contribution is -0.0718. The monoisotopic (exact) mass is 572 g/mol. The number of primary amides is 1. The molecule has 5 aromatic rings. The Morgan fingerprint density at radius 1 is 1.10 bits per heavy atom. The van der Waals surface area contributed by atoms with Gasteiger partial charge in [0.2, 0.25) is 11.8 Å². The number of hydrogen-bond acceptors (Lipinski definition) is 11. The Morgan fingerprint density at radius 3 is 2.71 bits per heavy atom. The van der Waals surface area contributed by atoms with Crippen LogP contribution in [0.5, 0.6) is 17.4 Å². The molecule has 1 atom stereocenters. The summed E-state index contributed by atoms with van der Waals surface area (Å²) in [6.07, 6.45) is 2.61. The SMILES string of the molecule is COc1cnc2c(-c3nc4c(C)cc5c(c4s3)OCC(OC(=O)N(C)c3cncc(C(N)=O)c3)O5)cc(C)cc2n1. The van der Waals surface area contributed by atoms with Crippen LogP contribution in [0.15, 0.2) is 42.9 Å². The van der Waals surface area contributed by atoms with E-state index in [1.165, 1.54) is 41.7 Å². The lowest BCUT2D eigenvalue weighted by atomic mass is 10.1. The van der Waals surface area contributed by atoms with Crippen LogP contribution in [0, 0.1) is 13.8 Å². The molecule has 1 unspecified atom stereocenters. The molecule has 3 aromatic heterocycles. The fourth-order valence-electron chi connectivity index (χ4n) is 4.46. The largest absolute Gasteiger partial charge is 0.480 e. The highest BCUT2D eigenvalue weighted by atomic mass is 32.1. The summed E-state index contributed by atoms with van der Waals surface area (Å²) in [6.45, 7) is 3.89. The lowest BCUT2D eigenvalue weighted by Gasteiger charge is -2.28. The number of ether oxygens (including phenoxy) is 4. The van der Waals surface area contributed by atoms with E-state index in [4.69, 9.17) is 29.7 Å². The van der Waals surface area contributed by atoms with Gasteiger partial charge in [-0.2, -0.15) is 0 Å². The molecule has 0 radical (unpaired) electrons. The number of pyridine rings is 1. The fourth-order valence-corrected chi connectivity index (χ4v) is 5.61. The Kier molecular flexibility index (Phi) is 6.50. The summed E-state index contributed by atoms with van der Waals surface area (Å²) in [5.41, 5.74) is 10.8. The summed E-state index contributed by atoms with van der Waals surface area (Å²) in [4.78, 5) is 43.5. The third-order valence-electron chi connectivity index (χ3n) is 6.51. The van der Waals surface area contributed by atoms with E-state index in [0.717, 1.165) is 31.9 Å². The molecule has 0 spiro atoms. The molecule has 1 aliphatic rings. The number of amides is 2. The van der Waals surface area contributed by atoms with Crippen LogP contribution in [-0.2, 0) is 4.74 Å². The number of carbonyl (C=O) groups excluding carboxylic acids is 2. The molecule has 0 fully saturated rings. The molecule has 2 aromatic carbocycles. The molecule has 0 saturated heterocycles. The summed E-state index contributed by atoms with van der Waals surface area (Å²) < 4.78 is 23.7. The maximum Gasteiger partial charge on any atom is 0.417 e. The number of nitrogens with two attached hydrogens (primary N) is 1. The van der Waals surface area contributed by atoms with Crippen molar-refractivity contribution in [3.63, 3.8) is 0 Å². The van der Waals surface area contributed by atoms with Gasteiger partial charge < -0.3 is 24.7 Å². The van der Waals surface area contributed by atoms with E-state index in [2.05, 4.69) is 15.0 Å².